The Bertz CT molecular complexity index is 593. The molecule has 0 fully saturated rings. The number of hydrogen-bond acceptors (Lipinski definition) is 4. The zero-order chi connectivity index (χ0) is 17.0. The van der Waals surface area contributed by atoms with Crippen LogP contribution in [0.3, 0.4) is 0 Å². The third kappa shape index (κ3) is 4.45. The van der Waals surface area contributed by atoms with Crippen molar-refractivity contribution in [3.63, 3.8) is 0 Å². The summed E-state index contributed by atoms with van der Waals surface area (Å²) in [5, 5.41) is 5.67. The highest BCUT2D eigenvalue weighted by Gasteiger charge is 2.30. The lowest BCUT2D eigenvalue weighted by Crippen LogP contribution is -2.36. The fourth-order valence-corrected chi connectivity index (χ4v) is 2.58. The molecule has 0 saturated heterocycles. The molecule has 6 heteroatoms. The number of hydrogen-bond donors (Lipinski definition) is 2. The standard InChI is InChI=1S/C17H25N3O3/c1-17(2,3)23-16(22)20-9-8-12-6-5-7-13(15(12)20)10-19-11-14(21)18-4/h5-7,19H,8-11H2,1-4H3,(H,18,21). The predicted molar refractivity (Wildman–Crippen MR) is 89.5 cm³/mol. The number of rotatable bonds is 4. The number of carbonyl (C=O) groups is 2. The van der Waals surface area contributed by atoms with Gasteiger partial charge in [0, 0.05) is 20.1 Å². The Morgan fingerprint density at radius 2 is 2.04 bits per heavy atom. The van der Waals surface area contributed by atoms with Crippen LogP contribution >= 0.6 is 0 Å². The van der Waals surface area contributed by atoms with Gasteiger partial charge in [-0.2, -0.15) is 0 Å². The molecule has 0 unspecified atom stereocenters. The van der Waals surface area contributed by atoms with Crippen LogP contribution in [0.4, 0.5) is 10.5 Å². The van der Waals surface area contributed by atoms with Crippen molar-refractivity contribution in [2.24, 2.45) is 0 Å². The number of anilines is 1. The van der Waals surface area contributed by atoms with Gasteiger partial charge in [-0.05, 0) is 38.3 Å². The number of para-hydroxylation sites is 1. The maximum absolute atomic E-state index is 12.4. The van der Waals surface area contributed by atoms with Crippen molar-refractivity contribution in [1.29, 1.82) is 0 Å². The highest BCUT2D eigenvalue weighted by molar-refractivity contribution is 5.91. The number of likely N-dealkylation sites (N-methyl/N-ethyl adjacent to an activating group) is 1. The second-order valence-corrected chi connectivity index (χ2v) is 6.58. The second kappa shape index (κ2) is 7.00. The Labute approximate surface area is 137 Å². The van der Waals surface area contributed by atoms with Crippen LogP contribution < -0.4 is 15.5 Å². The Morgan fingerprint density at radius 1 is 1.30 bits per heavy atom. The average Bonchev–Trinajstić information content (AvgIpc) is 2.90. The number of amides is 2. The molecule has 1 aromatic rings. The highest BCUT2D eigenvalue weighted by Crippen LogP contribution is 2.33. The Morgan fingerprint density at radius 3 is 2.70 bits per heavy atom. The zero-order valence-corrected chi connectivity index (χ0v) is 14.2. The summed E-state index contributed by atoms with van der Waals surface area (Å²) in [6.45, 7) is 6.97. The molecule has 23 heavy (non-hydrogen) atoms. The summed E-state index contributed by atoms with van der Waals surface area (Å²) in [4.78, 5) is 25.4. The van der Waals surface area contributed by atoms with E-state index in [1.54, 1.807) is 11.9 Å². The molecule has 1 aliphatic rings. The van der Waals surface area contributed by atoms with Crippen LogP contribution in [0.2, 0.25) is 0 Å². The monoisotopic (exact) mass is 319 g/mol. The van der Waals surface area contributed by atoms with E-state index in [-0.39, 0.29) is 18.5 Å². The van der Waals surface area contributed by atoms with Crippen molar-refractivity contribution < 1.29 is 14.3 Å². The molecule has 2 N–H and O–H groups in total. The third-order valence-corrected chi connectivity index (χ3v) is 3.57. The Hall–Kier alpha value is -2.08. The minimum Gasteiger partial charge on any atom is -0.443 e. The first kappa shape index (κ1) is 17.3. The maximum atomic E-state index is 12.4. The van der Waals surface area contributed by atoms with Crippen molar-refractivity contribution in [2.45, 2.75) is 39.3 Å². The van der Waals surface area contributed by atoms with E-state index in [0.717, 1.165) is 23.2 Å². The lowest BCUT2D eigenvalue weighted by Gasteiger charge is -2.26. The van der Waals surface area contributed by atoms with E-state index in [1.165, 1.54) is 0 Å². The second-order valence-electron chi connectivity index (χ2n) is 6.58. The minimum atomic E-state index is -0.522. The molecule has 0 aliphatic carbocycles. The summed E-state index contributed by atoms with van der Waals surface area (Å²) in [6.07, 6.45) is 0.493. The van der Waals surface area contributed by atoms with Crippen LogP contribution in [0, 0.1) is 0 Å². The molecule has 1 heterocycles. The average molecular weight is 319 g/mol. The Balaban J connectivity index is 2.13. The molecule has 6 nitrogen and oxygen atoms in total. The van der Waals surface area contributed by atoms with E-state index in [2.05, 4.69) is 10.6 Å². The summed E-state index contributed by atoms with van der Waals surface area (Å²) in [5.74, 6) is -0.0680. The molecule has 0 spiro atoms. The molecule has 126 valence electrons. The van der Waals surface area contributed by atoms with Crippen LogP contribution in [0.1, 0.15) is 31.9 Å². The fraction of sp³-hybridized carbons (Fsp3) is 0.529. The number of carbonyl (C=O) groups excluding carboxylic acids is 2. The van der Waals surface area contributed by atoms with Gasteiger partial charge in [-0.1, -0.05) is 18.2 Å². The summed E-state index contributed by atoms with van der Waals surface area (Å²) in [5.41, 5.74) is 2.52. The van der Waals surface area contributed by atoms with Gasteiger partial charge in [0.2, 0.25) is 5.91 Å². The fourth-order valence-electron chi connectivity index (χ4n) is 2.58. The molecule has 0 aromatic heterocycles. The highest BCUT2D eigenvalue weighted by atomic mass is 16.6. The zero-order valence-electron chi connectivity index (χ0n) is 14.2. The SMILES string of the molecule is CNC(=O)CNCc1cccc2c1N(C(=O)OC(C)(C)C)CC2. The lowest BCUT2D eigenvalue weighted by atomic mass is 10.1. The minimum absolute atomic E-state index is 0.0680. The van der Waals surface area contributed by atoms with E-state index in [4.69, 9.17) is 4.74 Å². The lowest BCUT2D eigenvalue weighted by molar-refractivity contribution is -0.119. The summed E-state index contributed by atoms with van der Waals surface area (Å²) in [6, 6.07) is 5.98. The van der Waals surface area contributed by atoms with Crippen LogP contribution in [-0.4, -0.2) is 37.7 Å². The third-order valence-electron chi connectivity index (χ3n) is 3.57. The van der Waals surface area contributed by atoms with Crippen molar-refractivity contribution in [2.75, 3.05) is 25.0 Å². The predicted octanol–water partition coefficient (Wildman–Crippen LogP) is 1.82. The van der Waals surface area contributed by atoms with Gasteiger partial charge in [0.25, 0.3) is 0 Å². The van der Waals surface area contributed by atoms with Gasteiger partial charge in [-0.3, -0.25) is 9.69 Å². The van der Waals surface area contributed by atoms with Gasteiger partial charge in [-0.15, -0.1) is 0 Å². The van der Waals surface area contributed by atoms with E-state index >= 15 is 0 Å². The van der Waals surface area contributed by atoms with Gasteiger partial charge >= 0.3 is 6.09 Å². The van der Waals surface area contributed by atoms with Crippen molar-refractivity contribution in [1.82, 2.24) is 10.6 Å². The smallest absolute Gasteiger partial charge is 0.414 e. The van der Waals surface area contributed by atoms with E-state index in [0.29, 0.717) is 13.1 Å². The molecular weight excluding hydrogens is 294 g/mol. The first-order valence-corrected chi connectivity index (χ1v) is 7.84. The van der Waals surface area contributed by atoms with E-state index in [9.17, 15) is 9.59 Å². The molecule has 1 aromatic carbocycles. The summed E-state index contributed by atoms with van der Waals surface area (Å²) >= 11 is 0. The van der Waals surface area contributed by atoms with Crippen molar-refractivity contribution >= 4 is 17.7 Å². The number of benzene rings is 1. The van der Waals surface area contributed by atoms with Crippen molar-refractivity contribution in [3.8, 4) is 0 Å². The molecule has 0 radical (unpaired) electrons. The summed E-state index contributed by atoms with van der Waals surface area (Å²) < 4.78 is 5.50. The van der Waals surface area contributed by atoms with Crippen LogP contribution in [0.5, 0.6) is 0 Å². The van der Waals surface area contributed by atoms with E-state index < -0.39 is 5.60 Å². The number of nitrogens with zero attached hydrogens (tertiary/aromatic N) is 1. The van der Waals surface area contributed by atoms with Crippen molar-refractivity contribution in [3.05, 3.63) is 29.3 Å². The number of fused-ring (bicyclic) bond motifs is 1. The molecular formula is C17H25N3O3. The Kier molecular flexibility index (Phi) is 5.26. The molecule has 2 amide bonds. The largest absolute Gasteiger partial charge is 0.443 e. The number of nitrogens with one attached hydrogen (secondary N) is 2. The normalized spacial score (nSPS) is 13.7. The molecule has 2 rings (SSSR count). The van der Waals surface area contributed by atoms with Gasteiger partial charge in [0.05, 0.1) is 12.2 Å². The first-order valence-electron chi connectivity index (χ1n) is 7.84. The van der Waals surface area contributed by atoms with Crippen LogP contribution in [0.15, 0.2) is 18.2 Å². The quantitative estimate of drug-likeness (QED) is 0.888. The van der Waals surface area contributed by atoms with Crippen LogP contribution in [0.25, 0.3) is 0 Å². The van der Waals surface area contributed by atoms with Gasteiger partial charge in [0.15, 0.2) is 0 Å². The number of ether oxygens (including phenoxy) is 1. The maximum Gasteiger partial charge on any atom is 0.414 e. The molecule has 1 aliphatic heterocycles. The first-order chi connectivity index (χ1) is 10.8. The van der Waals surface area contributed by atoms with Gasteiger partial charge < -0.3 is 15.4 Å². The topological polar surface area (TPSA) is 70.7 Å². The molecule has 0 atom stereocenters. The molecule has 0 bridgehead atoms. The summed E-state index contributed by atoms with van der Waals surface area (Å²) in [7, 11) is 1.61. The molecule has 0 saturated carbocycles. The van der Waals surface area contributed by atoms with E-state index in [1.807, 2.05) is 39.0 Å². The van der Waals surface area contributed by atoms with Gasteiger partial charge in [-0.25, -0.2) is 4.79 Å². The van der Waals surface area contributed by atoms with Crippen LogP contribution in [-0.2, 0) is 22.5 Å². The van der Waals surface area contributed by atoms with Gasteiger partial charge in [0.1, 0.15) is 5.60 Å².